The fraction of sp³-hybridized carbons (Fsp3) is 0.300. The molecule has 0 saturated heterocycles. The Kier molecular flexibility index (Phi) is 9.36. The molecular formula is C20H25ClN8O4. The number of benzene rings is 1. The van der Waals surface area contributed by atoms with Gasteiger partial charge >= 0.3 is 5.97 Å². The third kappa shape index (κ3) is 8.61. The number of amides is 2. The van der Waals surface area contributed by atoms with Gasteiger partial charge in [0.1, 0.15) is 0 Å². The molecule has 33 heavy (non-hydrogen) atoms. The standard InChI is InChI=1S/C20H25ClN8O4/c21-16-18(23)28-17(22)15(27-16)19(33)29-20(24)25-10-2-1-3-11-4-6-12(7-5-11)26-13(30)8-9-14(31)32/h4-7H,1-3,8-10H2,(H,26,30)(H,31,32)(H4,22,23,28)(H3,24,25,29,33). The SMILES string of the molecule is N=C(NCCCCc1ccc(NC(=O)CCC(=O)O)cc1)NC(=O)c1nc(Cl)c(N)nc1N. The van der Waals surface area contributed by atoms with Gasteiger partial charge in [0, 0.05) is 18.7 Å². The minimum absolute atomic E-state index is 0.0753. The first kappa shape index (κ1) is 25.3. The molecule has 2 rings (SSSR count). The number of carboxylic acid groups (broad SMARTS) is 1. The number of hydrogen-bond acceptors (Lipinski definition) is 8. The van der Waals surface area contributed by atoms with Crippen LogP contribution in [0.4, 0.5) is 17.3 Å². The summed E-state index contributed by atoms with van der Waals surface area (Å²) in [6.07, 6.45) is 2.06. The van der Waals surface area contributed by atoms with Gasteiger partial charge in [0.15, 0.2) is 28.4 Å². The van der Waals surface area contributed by atoms with E-state index >= 15 is 0 Å². The Labute approximate surface area is 194 Å². The minimum Gasteiger partial charge on any atom is -0.481 e. The van der Waals surface area contributed by atoms with Crippen LogP contribution in [0.15, 0.2) is 24.3 Å². The Morgan fingerprint density at radius 2 is 1.73 bits per heavy atom. The number of nitrogens with one attached hydrogen (secondary N) is 4. The summed E-state index contributed by atoms with van der Waals surface area (Å²) < 4.78 is 0. The van der Waals surface area contributed by atoms with E-state index < -0.39 is 11.9 Å². The molecule has 1 heterocycles. The zero-order chi connectivity index (χ0) is 24.4. The highest BCUT2D eigenvalue weighted by Gasteiger charge is 2.17. The number of anilines is 3. The molecule has 2 amide bonds. The summed E-state index contributed by atoms with van der Waals surface area (Å²) in [6.45, 7) is 0.459. The maximum Gasteiger partial charge on any atom is 0.303 e. The second-order valence-electron chi connectivity index (χ2n) is 6.99. The van der Waals surface area contributed by atoms with E-state index in [4.69, 9.17) is 33.6 Å². The number of hydrogen-bond donors (Lipinski definition) is 7. The predicted molar refractivity (Wildman–Crippen MR) is 124 cm³/mol. The molecule has 1 aromatic carbocycles. The predicted octanol–water partition coefficient (Wildman–Crippen LogP) is 1.37. The van der Waals surface area contributed by atoms with Gasteiger partial charge in [0.05, 0.1) is 6.42 Å². The van der Waals surface area contributed by atoms with Crippen molar-refractivity contribution in [3.63, 3.8) is 0 Å². The van der Waals surface area contributed by atoms with Crippen molar-refractivity contribution in [2.75, 3.05) is 23.3 Å². The molecule has 0 aliphatic heterocycles. The number of carbonyl (C=O) groups is 3. The lowest BCUT2D eigenvalue weighted by atomic mass is 10.1. The number of carbonyl (C=O) groups excluding carboxylic acids is 2. The van der Waals surface area contributed by atoms with Crippen molar-refractivity contribution in [3.05, 3.63) is 40.7 Å². The smallest absolute Gasteiger partial charge is 0.303 e. The minimum atomic E-state index is -1.02. The van der Waals surface area contributed by atoms with E-state index in [9.17, 15) is 14.4 Å². The van der Waals surface area contributed by atoms with Crippen LogP contribution < -0.4 is 27.4 Å². The first-order valence-electron chi connectivity index (χ1n) is 9.98. The van der Waals surface area contributed by atoms with Crippen molar-refractivity contribution in [1.29, 1.82) is 5.41 Å². The van der Waals surface area contributed by atoms with Crippen LogP contribution in [0.2, 0.25) is 5.15 Å². The third-order valence-corrected chi connectivity index (χ3v) is 4.63. The van der Waals surface area contributed by atoms with Crippen molar-refractivity contribution >= 4 is 52.7 Å². The van der Waals surface area contributed by atoms with E-state index in [0.717, 1.165) is 24.8 Å². The monoisotopic (exact) mass is 476 g/mol. The number of aliphatic carboxylic acids is 1. The van der Waals surface area contributed by atoms with Crippen LogP contribution in [0.3, 0.4) is 0 Å². The van der Waals surface area contributed by atoms with E-state index in [1.807, 2.05) is 12.1 Å². The number of nitrogens with zero attached hydrogens (tertiary/aromatic N) is 2. The van der Waals surface area contributed by atoms with Gasteiger partial charge in [-0.15, -0.1) is 0 Å². The number of nitrogen functional groups attached to an aromatic ring is 2. The second-order valence-corrected chi connectivity index (χ2v) is 7.34. The van der Waals surface area contributed by atoms with E-state index in [0.29, 0.717) is 12.2 Å². The molecule has 0 unspecified atom stereocenters. The highest BCUT2D eigenvalue weighted by Crippen LogP contribution is 2.17. The number of aromatic nitrogens is 2. The molecule has 0 fully saturated rings. The van der Waals surface area contributed by atoms with E-state index in [-0.39, 0.29) is 47.2 Å². The topological polar surface area (TPSA) is 209 Å². The number of aryl methyl sites for hydroxylation is 1. The maximum atomic E-state index is 12.1. The zero-order valence-corrected chi connectivity index (χ0v) is 18.4. The number of nitrogens with two attached hydrogens (primary N) is 2. The molecule has 12 nitrogen and oxygen atoms in total. The van der Waals surface area contributed by atoms with Gasteiger partial charge in [-0.05, 0) is 37.0 Å². The summed E-state index contributed by atoms with van der Waals surface area (Å²) >= 11 is 5.75. The van der Waals surface area contributed by atoms with Crippen LogP contribution in [0, 0.1) is 5.41 Å². The molecule has 0 bridgehead atoms. The molecule has 2 aromatic rings. The molecule has 0 aliphatic rings. The van der Waals surface area contributed by atoms with E-state index in [1.165, 1.54) is 0 Å². The van der Waals surface area contributed by atoms with Gasteiger partial charge < -0.3 is 27.2 Å². The van der Waals surface area contributed by atoms with Crippen LogP contribution in [0.5, 0.6) is 0 Å². The fourth-order valence-electron chi connectivity index (χ4n) is 2.69. The van der Waals surface area contributed by atoms with Crippen LogP contribution in [0.1, 0.15) is 41.7 Å². The average Bonchev–Trinajstić information content (AvgIpc) is 2.75. The van der Waals surface area contributed by atoms with Gasteiger partial charge in [0.2, 0.25) is 5.91 Å². The molecular weight excluding hydrogens is 452 g/mol. The molecule has 0 atom stereocenters. The summed E-state index contributed by atoms with van der Waals surface area (Å²) in [7, 11) is 0. The normalized spacial score (nSPS) is 10.3. The lowest BCUT2D eigenvalue weighted by molar-refractivity contribution is -0.138. The summed E-state index contributed by atoms with van der Waals surface area (Å²) in [5, 5.41) is 24.0. The summed E-state index contributed by atoms with van der Waals surface area (Å²) in [5.41, 5.74) is 12.5. The van der Waals surface area contributed by atoms with Gasteiger partial charge in [-0.3, -0.25) is 25.1 Å². The Bertz CT molecular complexity index is 1030. The van der Waals surface area contributed by atoms with Crippen LogP contribution in [-0.4, -0.2) is 45.4 Å². The summed E-state index contributed by atoms with van der Waals surface area (Å²) in [4.78, 5) is 41.8. The fourth-order valence-corrected chi connectivity index (χ4v) is 2.82. The highest BCUT2D eigenvalue weighted by molar-refractivity contribution is 6.31. The molecule has 1 aromatic heterocycles. The average molecular weight is 477 g/mol. The van der Waals surface area contributed by atoms with E-state index in [1.54, 1.807) is 12.1 Å². The van der Waals surface area contributed by atoms with Crippen molar-refractivity contribution in [2.24, 2.45) is 0 Å². The Morgan fingerprint density at radius 3 is 2.39 bits per heavy atom. The molecule has 0 saturated carbocycles. The lowest BCUT2D eigenvalue weighted by Crippen LogP contribution is -2.41. The van der Waals surface area contributed by atoms with Crippen molar-refractivity contribution < 1.29 is 19.5 Å². The highest BCUT2D eigenvalue weighted by atomic mass is 35.5. The molecule has 0 spiro atoms. The summed E-state index contributed by atoms with van der Waals surface area (Å²) in [6, 6.07) is 7.28. The number of guanidine groups is 1. The first-order chi connectivity index (χ1) is 15.7. The first-order valence-corrected chi connectivity index (χ1v) is 10.4. The van der Waals surface area contributed by atoms with Gasteiger partial charge in [-0.1, -0.05) is 23.7 Å². The largest absolute Gasteiger partial charge is 0.481 e. The Hall–Kier alpha value is -3.93. The number of halogens is 1. The second kappa shape index (κ2) is 12.2. The van der Waals surface area contributed by atoms with Crippen molar-refractivity contribution in [3.8, 4) is 0 Å². The van der Waals surface area contributed by atoms with Gasteiger partial charge in [-0.2, -0.15) is 0 Å². The third-order valence-electron chi connectivity index (χ3n) is 4.36. The lowest BCUT2D eigenvalue weighted by Gasteiger charge is -2.10. The molecule has 13 heteroatoms. The molecule has 0 aliphatic carbocycles. The number of unbranched alkanes of at least 4 members (excludes halogenated alkanes) is 1. The molecule has 0 radical (unpaired) electrons. The zero-order valence-electron chi connectivity index (χ0n) is 17.7. The van der Waals surface area contributed by atoms with Gasteiger partial charge in [-0.25, -0.2) is 9.97 Å². The quantitative estimate of drug-likeness (QED) is 0.150. The van der Waals surface area contributed by atoms with Crippen LogP contribution >= 0.6 is 11.6 Å². The number of rotatable bonds is 10. The van der Waals surface area contributed by atoms with Crippen LogP contribution in [0.25, 0.3) is 0 Å². The summed E-state index contributed by atoms with van der Waals surface area (Å²) in [5.74, 6) is -2.58. The van der Waals surface area contributed by atoms with Crippen LogP contribution in [-0.2, 0) is 16.0 Å². The van der Waals surface area contributed by atoms with Gasteiger partial charge in [0.25, 0.3) is 5.91 Å². The van der Waals surface area contributed by atoms with Crippen molar-refractivity contribution in [2.45, 2.75) is 32.1 Å². The Morgan fingerprint density at radius 1 is 1.03 bits per heavy atom. The van der Waals surface area contributed by atoms with E-state index in [2.05, 4.69) is 25.9 Å². The number of carboxylic acids is 1. The molecule has 9 N–H and O–H groups in total. The van der Waals surface area contributed by atoms with Crippen molar-refractivity contribution in [1.82, 2.24) is 20.6 Å². The Balaban J connectivity index is 1.67. The maximum absolute atomic E-state index is 12.1. The molecule has 176 valence electrons.